The van der Waals surface area contributed by atoms with E-state index in [1.807, 2.05) is 40.6 Å². The molecule has 3 fully saturated rings. The molecule has 3 saturated heterocycles. The van der Waals surface area contributed by atoms with Crippen LogP contribution < -0.4 is 0 Å². The summed E-state index contributed by atoms with van der Waals surface area (Å²) >= 11 is 3.94. The zero-order valence-corrected chi connectivity index (χ0v) is 17.1. The van der Waals surface area contributed by atoms with Crippen molar-refractivity contribution in [3.63, 3.8) is 0 Å². The van der Waals surface area contributed by atoms with Crippen LogP contribution in [0.2, 0.25) is 0 Å². The highest BCUT2D eigenvalue weighted by Crippen LogP contribution is 2.45. The lowest BCUT2D eigenvalue weighted by Crippen LogP contribution is -2.52. The molecule has 1 amide bonds. The van der Waals surface area contributed by atoms with Gasteiger partial charge in [0.25, 0.3) is 5.91 Å². The van der Waals surface area contributed by atoms with E-state index >= 15 is 0 Å². The number of nitrogens with zero attached hydrogens (tertiary/aromatic N) is 2. The summed E-state index contributed by atoms with van der Waals surface area (Å²) in [5, 5.41) is 0. The number of carbonyl (C=O) groups is 1. The van der Waals surface area contributed by atoms with E-state index in [9.17, 15) is 13.2 Å². The molecule has 0 aliphatic carbocycles. The van der Waals surface area contributed by atoms with Crippen molar-refractivity contribution in [2.24, 2.45) is 0 Å². The fraction of sp³-hybridized carbons (Fsp3) is 0.611. The minimum Gasteiger partial charge on any atom is -0.336 e. The third kappa shape index (κ3) is 4.08. The Hall–Kier alpha value is -0.700. The molecule has 0 bridgehead atoms. The molecular weight excluding hydrogens is 388 g/mol. The van der Waals surface area contributed by atoms with Crippen molar-refractivity contribution in [3.8, 4) is 0 Å². The summed E-state index contributed by atoms with van der Waals surface area (Å²) in [5.74, 6) is 3.06. The summed E-state index contributed by atoms with van der Waals surface area (Å²) in [7, 11) is -2.85. The molecule has 3 aliphatic heterocycles. The Labute approximate surface area is 163 Å². The molecule has 1 aromatic carbocycles. The van der Waals surface area contributed by atoms with Crippen molar-refractivity contribution >= 4 is 39.3 Å². The van der Waals surface area contributed by atoms with Crippen molar-refractivity contribution in [3.05, 3.63) is 35.4 Å². The zero-order valence-electron chi connectivity index (χ0n) is 14.7. The molecule has 8 heteroatoms. The first-order valence-corrected chi connectivity index (χ1v) is 13.0. The lowest BCUT2D eigenvalue weighted by Gasteiger charge is -2.37. The second-order valence-corrected chi connectivity index (χ2v) is 12.0. The second-order valence-electron chi connectivity index (χ2n) is 7.08. The highest BCUT2D eigenvalue weighted by atomic mass is 32.2. The van der Waals surface area contributed by atoms with Gasteiger partial charge in [-0.3, -0.25) is 9.69 Å². The predicted molar refractivity (Wildman–Crippen MR) is 109 cm³/mol. The number of thioether (sulfide) groups is 2. The predicted octanol–water partition coefficient (Wildman–Crippen LogP) is 2.11. The fourth-order valence-electron chi connectivity index (χ4n) is 3.87. The van der Waals surface area contributed by atoms with Gasteiger partial charge in [0.05, 0.1) is 16.1 Å². The number of rotatable bonds is 3. The maximum absolute atomic E-state index is 12.8. The van der Waals surface area contributed by atoms with Crippen LogP contribution >= 0.6 is 23.5 Å². The standard InChI is InChI=1S/C18H24N2O3S3/c21-17(14-1-3-15(4-2-14)18-24-10-11-25-18)20-8-6-19(7-9-20)16-5-12-26(22,23)13-16/h1-4,16,18H,5-13H2/t16-/m1/s1. The van der Waals surface area contributed by atoms with Crippen molar-refractivity contribution in [1.82, 2.24) is 9.80 Å². The van der Waals surface area contributed by atoms with E-state index in [0.717, 1.165) is 25.1 Å². The van der Waals surface area contributed by atoms with Gasteiger partial charge in [-0.2, -0.15) is 0 Å². The van der Waals surface area contributed by atoms with Gasteiger partial charge in [0.15, 0.2) is 9.84 Å². The third-order valence-electron chi connectivity index (χ3n) is 5.38. The number of hydrogen-bond donors (Lipinski definition) is 0. The van der Waals surface area contributed by atoms with Crippen LogP contribution in [0, 0.1) is 0 Å². The van der Waals surface area contributed by atoms with Crippen molar-refractivity contribution in [2.75, 3.05) is 49.2 Å². The van der Waals surface area contributed by atoms with Crippen LogP contribution in [0.5, 0.6) is 0 Å². The minimum absolute atomic E-state index is 0.0852. The molecule has 26 heavy (non-hydrogen) atoms. The molecular formula is C18H24N2O3S3. The average Bonchev–Trinajstić information content (AvgIpc) is 3.31. The Morgan fingerprint density at radius 2 is 1.65 bits per heavy atom. The van der Waals surface area contributed by atoms with Gasteiger partial charge in [0.2, 0.25) is 0 Å². The molecule has 142 valence electrons. The van der Waals surface area contributed by atoms with E-state index in [1.54, 1.807) is 0 Å². The molecule has 0 unspecified atom stereocenters. The number of sulfone groups is 1. The molecule has 3 heterocycles. The van der Waals surface area contributed by atoms with E-state index in [4.69, 9.17) is 0 Å². The molecule has 1 aromatic rings. The fourth-order valence-corrected chi connectivity index (χ4v) is 8.49. The highest BCUT2D eigenvalue weighted by Gasteiger charge is 2.34. The van der Waals surface area contributed by atoms with Gasteiger partial charge >= 0.3 is 0 Å². The van der Waals surface area contributed by atoms with Crippen LogP contribution in [0.3, 0.4) is 0 Å². The maximum atomic E-state index is 12.8. The molecule has 0 radical (unpaired) electrons. The average molecular weight is 413 g/mol. The van der Waals surface area contributed by atoms with Crippen LogP contribution in [0.4, 0.5) is 0 Å². The SMILES string of the molecule is O=C(c1ccc(C2SCCS2)cc1)N1CCN([C@@H]2CCS(=O)(=O)C2)CC1. The number of benzene rings is 1. The van der Waals surface area contributed by atoms with E-state index < -0.39 is 9.84 Å². The van der Waals surface area contributed by atoms with Crippen LogP contribution in [0.25, 0.3) is 0 Å². The summed E-state index contributed by atoms with van der Waals surface area (Å²) in [4.78, 5) is 16.9. The topological polar surface area (TPSA) is 57.7 Å². The van der Waals surface area contributed by atoms with Gasteiger partial charge in [-0.25, -0.2) is 8.42 Å². The molecule has 0 spiro atoms. The van der Waals surface area contributed by atoms with E-state index in [2.05, 4.69) is 17.0 Å². The molecule has 4 rings (SSSR count). The molecule has 0 N–H and O–H groups in total. The summed E-state index contributed by atoms with van der Waals surface area (Å²) < 4.78 is 23.8. The first kappa shape index (κ1) is 18.7. The van der Waals surface area contributed by atoms with Crippen LogP contribution in [0.1, 0.15) is 26.9 Å². The monoisotopic (exact) mass is 412 g/mol. The molecule has 1 atom stereocenters. The van der Waals surface area contributed by atoms with Crippen molar-refractivity contribution < 1.29 is 13.2 Å². The van der Waals surface area contributed by atoms with E-state index in [-0.39, 0.29) is 17.7 Å². The van der Waals surface area contributed by atoms with Gasteiger partial charge in [-0.05, 0) is 24.1 Å². The van der Waals surface area contributed by atoms with Crippen LogP contribution in [-0.2, 0) is 9.84 Å². The van der Waals surface area contributed by atoms with E-state index in [0.29, 0.717) is 23.4 Å². The largest absolute Gasteiger partial charge is 0.336 e. The summed E-state index contributed by atoms with van der Waals surface area (Å²) in [6, 6.07) is 8.21. The molecule has 0 saturated carbocycles. The number of amides is 1. The number of piperazine rings is 1. The Morgan fingerprint density at radius 3 is 2.23 bits per heavy atom. The molecule has 5 nitrogen and oxygen atoms in total. The summed E-state index contributed by atoms with van der Waals surface area (Å²) in [6.07, 6.45) is 0.731. The molecule has 0 aromatic heterocycles. The third-order valence-corrected chi connectivity index (χ3v) is 10.2. The lowest BCUT2D eigenvalue weighted by molar-refractivity contribution is 0.0588. The van der Waals surface area contributed by atoms with Gasteiger partial charge in [0.1, 0.15) is 0 Å². The smallest absolute Gasteiger partial charge is 0.253 e. The summed E-state index contributed by atoms with van der Waals surface area (Å²) in [6.45, 7) is 2.87. The normalized spacial score (nSPS) is 27.1. The van der Waals surface area contributed by atoms with Crippen molar-refractivity contribution in [2.45, 2.75) is 17.0 Å². The van der Waals surface area contributed by atoms with Crippen LogP contribution in [-0.4, -0.2) is 79.4 Å². The zero-order chi connectivity index (χ0) is 18.1. The van der Waals surface area contributed by atoms with Gasteiger partial charge in [-0.15, -0.1) is 23.5 Å². The van der Waals surface area contributed by atoms with Gasteiger partial charge in [0, 0.05) is 49.3 Å². The Morgan fingerprint density at radius 1 is 1.00 bits per heavy atom. The Bertz CT molecular complexity index is 752. The Kier molecular flexibility index (Phi) is 5.55. The number of hydrogen-bond acceptors (Lipinski definition) is 6. The second kappa shape index (κ2) is 7.73. The van der Waals surface area contributed by atoms with Crippen LogP contribution in [0.15, 0.2) is 24.3 Å². The first-order valence-electron chi connectivity index (χ1n) is 9.09. The van der Waals surface area contributed by atoms with Gasteiger partial charge < -0.3 is 4.90 Å². The van der Waals surface area contributed by atoms with E-state index in [1.165, 1.54) is 17.1 Å². The Balaban J connectivity index is 1.33. The molecule has 3 aliphatic rings. The van der Waals surface area contributed by atoms with Gasteiger partial charge in [-0.1, -0.05) is 12.1 Å². The van der Waals surface area contributed by atoms with Crippen molar-refractivity contribution in [1.29, 1.82) is 0 Å². The first-order chi connectivity index (χ1) is 12.5. The quantitative estimate of drug-likeness (QED) is 0.758. The summed E-state index contributed by atoms with van der Waals surface area (Å²) in [5.41, 5.74) is 2.04. The minimum atomic E-state index is -2.85. The maximum Gasteiger partial charge on any atom is 0.253 e. The number of carbonyl (C=O) groups excluding carboxylic acids is 1. The highest BCUT2D eigenvalue weighted by molar-refractivity contribution is 8.19. The lowest BCUT2D eigenvalue weighted by atomic mass is 10.1.